The average molecular weight is 403 g/mol. The largest absolute Gasteiger partial charge is 0.315 e. The lowest BCUT2D eigenvalue weighted by molar-refractivity contribution is -0.117. The number of amides is 1. The van der Waals surface area contributed by atoms with Gasteiger partial charge in [-0.2, -0.15) is 5.26 Å². The summed E-state index contributed by atoms with van der Waals surface area (Å²) < 4.78 is 0. The van der Waals surface area contributed by atoms with Crippen LogP contribution in [0.4, 0.5) is 5.00 Å². The van der Waals surface area contributed by atoms with Crippen LogP contribution < -0.4 is 5.32 Å². The van der Waals surface area contributed by atoms with Crippen molar-refractivity contribution in [2.24, 2.45) is 11.3 Å². The Kier molecular flexibility index (Phi) is 6.80. The van der Waals surface area contributed by atoms with Crippen molar-refractivity contribution in [3.8, 4) is 6.07 Å². The van der Waals surface area contributed by atoms with Gasteiger partial charge in [0, 0.05) is 31.1 Å². The zero-order valence-electron chi connectivity index (χ0n) is 17.8. The highest BCUT2D eigenvalue weighted by Gasteiger charge is 2.34. The normalized spacial score (nSPS) is 21.2. The van der Waals surface area contributed by atoms with Crippen molar-refractivity contribution in [3.05, 3.63) is 16.0 Å². The number of nitrogens with one attached hydrogen (secondary N) is 1. The Hall–Kier alpha value is -1.42. The van der Waals surface area contributed by atoms with E-state index >= 15 is 0 Å². The van der Waals surface area contributed by atoms with E-state index in [2.05, 4.69) is 48.9 Å². The van der Waals surface area contributed by atoms with Crippen LogP contribution in [0.1, 0.15) is 56.5 Å². The van der Waals surface area contributed by atoms with Gasteiger partial charge >= 0.3 is 0 Å². The summed E-state index contributed by atoms with van der Waals surface area (Å²) in [4.78, 5) is 18.5. The molecule has 5 nitrogen and oxygen atoms in total. The summed E-state index contributed by atoms with van der Waals surface area (Å²) >= 11 is 1.63. The lowest BCUT2D eigenvalue weighted by Gasteiger charge is -2.36. The number of thiophene rings is 1. The summed E-state index contributed by atoms with van der Waals surface area (Å²) in [6.45, 7) is 14.5. The highest BCUT2D eigenvalue weighted by atomic mass is 32.1. The Bertz CT molecular complexity index is 740. The Morgan fingerprint density at radius 3 is 2.54 bits per heavy atom. The topological polar surface area (TPSA) is 59.4 Å². The van der Waals surface area contributed by atoms with Crippen molar-refractivity contribution < 1.29 is 4.79 Å². The summed E-state index contributed by atoms with van der Waals surface area (Å²) in [6, 6.07) is 2.37. The molecule has 1 aromatic heterocycles. The molecule has 1 aliphatic carbocycles. The van der Waals surface area contributed by atoms with Crippen molar-refractivity contribution in [1.29, 1.82) is 5.26 Å². The number of rotatable bonds is 6. The van der Waals surface area contributed by atoms with Crippen molar-refractivity contribution in [1.82, 2.24) is 9.80 Å². The smallest absolute Gasteiger partial charge is 0.239 e. The molecule has 0 radical (unpaired) electrons. The second-order valence-electron chi connectivity index (χ2n) is 8.86. The first-order valence-electron chi connectivity index (χ1n) is 10.7. The fourth-order valence-corrected chi connectivity index (χ4v) is 5.67. The molecule has 2 heterocycles. The first-order valence-corrected chi connectivity index (χ1v) is 11.5. The van der Waals surface area contributed by atoms with Crippen LogP contribution in [0.25, 0.3) is 0 Å². The molecule has 0 bridgehead atoms. The van der Waals surface area contributed by atoms with Crippen molar-refractivity contribution >= 4 is 22.2 Å². The Morgan fingerprint density at radius 1 is 1.25 bits per heavy atom. The SMILES string of the molecule is CCN1CCN(CC(=O)Nc2sc3c(c2C#N)CCC(C(C)(C)CC)C3)CC1. The molecule has 1 amide bonds. The third-order valence-electron chi connectivity index (χ3n) is 6.93. The second kappa shape index (κ2) is 8.94. The molecular weight excluding hydrogens is 368 g/mol. The fourth-order valence-electron chi connectivity index (χ4n) is 4.38. The van der Waals surface area contributed by atoms with Gasteiger partial charge in [0.25, 0.3) is 0 Å². The molecule has 154 valence electrons. The molecule has 0 saturated carbocycles. The van der Waals surface area contributed by atoms with Crippen LogP contribution >= 0.6 is 11.3 Å². The number of carbonyl (C=O) groups is 1. The van der Waals surface area contributed by atoms with Gasteiger partial charge < -0.3 is 10.2 Å². The van der Waals surface area contributed by atoms with Gasteiger partial charge in [0.1, 0.15) is 11.1 Å². The Labute approximate surface area is 173 Å². The molecule has 1 saturated heterocycles. The monoisotopic (exact) mass is 402 g/mol. The highest BCUT2D eigenvalue weighted by Crippen LogP contribution is 2.45. The molecule has 6 heteroatoms. The third kappa shape index (κ3) is 4.59. The third-order valence-corrected chi connectivity index (χ3v) is 8.10. The van der Waals surface area contributed by atoms with E-state index in [1.807, 2.05) is 0 Å². The number of fused-ring (bicyclic) bond motifs is 1. The Balaban J connectivity index is 1.65. The predicted octanol–water partition coefficient (Wildman–Crippen LogP) is 3.74. The molecule has 28 heavy (non-hydrogen) atoms. The van der Waals surface area contributed by atoms with E-state index < -0.39 is 0 Å². The van der Waals surface area contributed by atoms with Gasteiger partial charge in [0.2, 0.25) is 5.91 Å². The lowest BCUT2D eigenvalue weighted by atomic mass is 9.69. The van der Waals surface area contributed by atoms with Gasteiger partial charge in [-0.15, -0.1) is 11.3 Å². The first kappa shape index (κ1) is 21.3. The number of hydrogen-bond acceptors (Lipinski definition) is 5. The molecule has 1 aromatic rings. The minimum atomic E-state index is 0.00508. The Morgan fingerprint density at radius 2 is 1.93 bits per heavy atom. The van der Waals surface area contributed by atoms with Gasteiger partial charge in [-0.3, -0.25) is 9.69 Å². The van der Waals surface area contributed by atoms with E-state index in [0.29, 0.717) is 23.4 Å². The van der Waals surface area contributed by atoms with Crippen molar-refractivity contribution in [2.45, 2.75) is 53.4 Å². The van der Waals surface area contributed by atoms with Crippen LogP contribution in [0.3, 0.4) is 0 Å². The number of nitrogens with zero attached hydrogens (tertiary/aromatic N) is 3. The number of likely N-dealkylation sites (N-methyl/N-ethyl adjacent to an activating group) is 1. The van der Waals surface area contributed by atoms with Crippen LogP contribution in [0.5, 0.6) is 0 Å². The number of hydrogen-bond donors (Lipinski definition) is 1. The summed E-state index contributed by atoms with van der Waals surface area (Å²) in [5.41, 5.74) is 2.21. The van der Waals surface area contributed by atoms with Gasteiger partial charge in [0.05, 0.1) is 12.1 Å². The number of carbonyl (C=O) groups excluding carboxylic acids is 1. The maximum atomic E-state index is 12.6. The average Bonchev–Trinajstić information content (AvgIpc) is 3.04. The summed E-state index contributed by atoms with van der Waals surface area (Å²) in [5, 5.41) is 13.5. The van der Waals surface area contributed by atoms with Crippen LogP contribution in [-0.4, -0.2) is 55.0 Å². The maximum Gasteiger partial charge on any atom is 0.239 e. The molecule has 1 atom stereocenters. The van der Waals surface area contributed by atoms with Crippen molar-refractivity contribution in [2.75, 3.05) is 44.6 Å². The molecule has 0 aromatic carbocycles. The molecule has 1 aliphatic heterocycles. The van der Waals surface area contributed by atoms with E-state index in [-0.39, 0.29) is 5.91 Å². The zero-order chi connectivity index (χ0) is 20.3. The minimum absolute atomic E-state index is 0.00508. The number of anilines is 1. The summed E-state index contributed by atoms with van der Waals surface area (Å²) in [7, 11) is 0. The second-order valence-corrected chi connectivity index (χ2v) is 9.97. The summed E-state index contributed by atoms with van der Waals surface area (Å²) in [5.74, 6) is 0.652. The highest BCUT2D eigenvalue weighted by molar-refractivity contribution is 7.16. The standard InChI is InChI=1S/C22H34N4OS/c1-5-22(3,4)16-7-8-17-18(14-23)21(28-19(17)13-16)24-20(27)15-26-11-9-25(6-2)10-12-26/h16H,5-13,15H2,1-4H3,(H,24,27). The van der Waals surface area contributed by atoms with Crippen LogP contribution in [0.15, 0.2) is 0 Å². The van der Waals surface area contributed by atoms with Gasteiger partial charge in [-0.25, -0.2) is 0 Å². The van der Waals surface area contributed by atoms with Crippen LogP contribution in [0, 0.1) is 22.7 Å². The quantitative estimate of drug-likeness (QED) is 0.787. The molecule has 1 unspecified atom stereocenters. The van der Waals surface area contributed by atoms with E-state index in [4.69, 9.17) is 0 Å². The van der Waals surface area contributed by atoms with E-state index in [1.165, 1.54) is 16.9 Å². The molecule has 0 spiro atoms. The molecule has 2 aliphatic rings. The molecule has 1 fully saturated rings. The van der Waals surface area contributed by atoms with Gasteiger partial charge in [-0.05, 0) is 42.7 Å². The van der Waals surface area contributed by atoms with E-state index in [1.54, 1.807) is 11.3 Å². The maximum absolute atomic E-state index is 12.6. The molecule has 3 rings (SSSR count). The molecule has 1 N–H and O–H groups in total. The van der Waals surface area contributed by atoms with Crippen LogP contribution in [-0.2, 0) is 17.6 Å². The summed E-state index contributed by atoms with van der Waals surface area (Å²) in [6.07, 6.45) is 4.29. The lowest BCUT2D eigenvalue weighted by Crippen LogP contribution is -2.48. The van der Waals surface area contributed by atoms with Crippen LogP contribution in [0.2, 0.25) is 0 Å². The number of nitriles is 1. The molecular formula is C22H34N4OS. The van der Waals surface area contributed by atoms with E-state index in [9.17, 15) is 10.1 Å². The van der Waals surface area contributed by atoms with Crippen molar-refractivity contribution in [3.63, 3.8) is 0 Å². The van der Waals surface area contributed by atoms with Gasteiger partial charge in [0.15, 0.2) is 0 Å². The van der Waals surface area contributed by atoms with E-state index in [0.717, 1.165) is 57.0 Å². The van der Waals surface area contributed by atoms with Gasteiger partial charge in [-0.1, -0.05) is 34.1 Å². The minimum Gasteiger partial charge on any atom is -0.315 e. The fraction of sp³-hybridized carbons (Fsp3) is 0.727. The predicted molar refractivity (Wildman–Crippen MR) is 116 cm³/mol. The first-order chi connectivity index (χ1) is 13.4. The zero-order valence-corrected chi connectivity index (χ0v) is 18.6. The number of piperazine rings is 1.